The molecule has 2 aromatic heterocycles. The Hall–Kier alpha value is -2.12. The summed E-state index contributed by atoms with van der Waals surface area (Å²) in [5.74, 6) is 1.17. The number of aromatic nitrogens is 3. The highest BCUT2D eigenvalue weighted by molar-refractivity contribution is 7.99. The molecule has 0 spiro atoms. The van der Waals surface area contributed by atoms with Gasteiger partial charge in [0.1, 0.15) is 0 Å². The Morgan fingerprint density at radius 2 is 1.83 bits per heavy atom. The van der Waals surface area contributed by atoms with E-state index in [1.54, 1.807) is 11.3 Å². The maximum Gasteiger partial charge on any atom is 0.234 e. The lowest BCUT2D eigenvalue weighted by Crippen LogP contribution is -2.17. The Balaban J connectivity index is 1.71. The monoisotopic (exact) mass is 428 g/mol. The second kappa shape index (κ2) is 10.1. The first-order valence-electron chi connectivity index (χ1n) is 10.2. The maximum atomic E-state index is 12.7. The van der Waals surface area contributed by atoms with Crippen LogP contribution in [0.1, 0.15) is 43.7 Å². The summed E-state index contributed by atoms with van der Waals surface area (Å²) in [6, 6.07) is 8.39. The van der Waals surface area contributed by atoms with E-state index in [2.05, 4.69) is 77.4 Å². The number of amides is 1. The summed E-state index contributed by atoms with van der Waals surface area (Å²) in [5, 5.41) is 14.8. The summed E-state index contributed by atoms with van der Waals surface area (Å²) in [6.45, 7) is 9.22. The molecule has 1 amide bonds. The van der Waals surface area contributed by atoms with Gasteiger partial charge in [-0.3, -0.25) is 4.79 Å². The molecule has 1 aromatic carbocycles. The number of carbonyl (C=O) groups excluding carboxylic acids is 1. The van der Waals surface area contributed by atoms with Crippen LogP contribution in [0.2, 0.25) is 0 Å². The van der Waals surface area contributed by atoms with Crippen LogP contribution >= 0.6 is 23.1 Å². The first-order valence-corrected chi connectivity index (χ1v) is 12.0. The molecule has 0 aliphatic carbocycles. The van der Waals surface area contributed by atoms with E-state index in [1.807, 2.05) is 0 Å². The molecule has 0 aliphatic heterocycles. The standard InChI is InChI=1S/C22H28N4OS2/c1-5-15-10-9-11-16(6-2)20(15)23-19(27)14-29-22-25-24-21(26(22)8-4)17-12-18(7-3)28-13-17/h9-13H,5-8,14H2,1-4H3,(H,23,27). The van der Waals surface area contributed by atoms with Crippen LogP contribution in [0.15, 0.2) is 34.8 Å². The molecule has 0 saturated heterocycles. The molecule has 0 bridgehead atoms. The third-order valence-corrected chi connectivity index (χ3v) is 6.94. The minimum Gasteiger partial charge on any atom is -0.325 e. The smallest absolute Gasteiger partial charge is 0.234 e. The minimum atomic E-state index is -0.0124. The first kappa shape index (κ1) is 21.6. The Morgan fingerprint density at radius 1 is 1.10 bits per heavy atom. The number of benzene rings is 1. The Kier molecular flexibility index (Phi) is 7.50. The summed E-state index contributed by atoms with van der Waals surface area (Å²) in [5.41, 5.74) is 4.41. The van der Waals surface area contributed by atoms with Crippen molar-refractivity contribution in [2.75, 3.05) is 11.1 Å². The van der Waals surface area contributed by atoms with E-state index >= 15 is 0 Å². The zero-order valence-corrected chi connectivity index (χ0v) is 19.1. The van der Waals surface area contributed by atoms with E-state index in [1.165, 1.54) is 27.8 Å². The quantitative estimate of drug-likeness (QED) is 0.461. The van der Waals surface area contributed by atoms with E-state index in [4.69, 9.17) is 0 Å². The second-order valence-electron chi connectivity index (χ2n) is 6.70. The number of thiophene rings is 1. The van der Waals surface area contributed by atoms with Crippen LogP contribution in [-0.4, -0.2) is 26.4 Å². The summed E-state index contributed by atoms with van der Waals surface area (Å²) in [6.07, 6.45) is 2.81. The molecule has 3 aromatic rings. The molecule has 0 atom stereocenters. The molecule has 0 saturated carbocycles. The maximum absolute atomic E-state index is 12.7. The predicted molar refractivity (Wildman–Crippen MR) is 123 cm³/mol. The molecule has 1 N–H and O–H groups in total. The second-order valence-corrected chi connectivity index (χ2v) is 8.64. The highest BCUT2D eigenvalue weighted by Gasteiger charge is 2.16. The molecule has 0 unspecified atom stereocenters. The molecule has 3 rings (SSSR count). The Labute approximate surface area is 180 Å². The van der Waals surface area contributed by atoms with Gasteiger partial charge >= 0.3 is 0 Å². The average molecular weight is 429 g/mol. The molecule has 2 heterocycles. The lowest BCUT2D eigenvalue weighted by atomic mass is 10.0. The van der Waals surface area contributed by atoms with Crippen molar-refractivity contribution in [2.24, 2.45) is 0 Å². The van der Waals surface area contributed by atoms with Crippen LogP contribution in [0.3, 0.4) is 0 Å². The van der Waals surface area contributed by atoms with Gasteiger partial charge in [0.05, 0.1) is 5.75 Å². The number of thioether (sulfide) groups is 1. The van der Waals surface area contributed by atoms with Crippen molar-refractivity contribution in [1.82, 2.24) is 14.8 Å². The SMILES string of the molecule is CCc1cc(-c2nnc(SCC(=O)Nc3c(CC)cccc3CC)n2CC)cs1. The van der Waals surface area contributed by atoms with Crippen molar-refractivity contribution >= 4 is 34.7 Å². The highest BCUT2D eigenvalue weighted by atomic mass is 32.2. The number of para-hydroxylation sites is 1. The van der Waals surface area contributed by atoms with Crippen LogP contribution in [0.4, 0.5) is 5.69 Å². The van der Waals surface area contributed by atoms with E-state index in [-0.39, 0.29) is 5.91 Å². The van der Waals surface area contributed by atoms with Gasteiger partial charge in [-0.25, -0.2) is 0 Å². The van der Waals surface area contributed by atoms with E-state index in [0.29, 0.717) is 5.75 Å². The number of carbonyl (C=O) groups is 1. The van der Waals surface area contributed by atoms with Gasteiger partial charge in [-0.15, -0.1) is 21.5 Å². The molecular weight excluding hydrogens is 400 g/mol. The third-order valence-electron chi connectivity index (χ3n) is 4.89. The zero-order chi connectivity index (χ0) is 20.8. The molecule has 0 radical (unpaired) electrons. The number of rotatable bonds is 9. The Morgan fingerprint density at radius 3 is 2.41 bits per heavy atom. The molecule has 154 valence electrons. The van der Waals surface area contributed by atoms with Gasteiger partial charge in [0, 0.05) is 28.1 Å². The van der Waals surface area contributed by atoms with E-state index in [9.17, 15) is 4.79 Å². The largest absolute Gasteiger partial charge is 0.325 e. The summed E-state index contributed by atoms with van der Waals surface area (Å²) in [7, 11) is 0. The van der Waals surface area contributed by atoms with Crippen LogP contribution < -0.4 is 5.32 Å². The van der Waals surface area contributed by atoms with Crippen LogP contribution in [-0.2, 0) is 30.6 Å². The minimum absolute atomic E-state index is 0.0124. The predicted octanol–water partition coefficient (Wildman–Crippen LogP) is 5.44. The van der Waals surface area contributed by atoms with Crippen molar-refractivity contribution in [1.29, 1.82) is 0 Å². The third kappa shape index (κ3) is 4.90. The van der Waals surface area contributed by atoms with Gasteiger partial charge in [-0.05, 0) is 43.4 Å². The highest BCUT2D eigenvalue weighted by Crippen LogP contribution is 2.28. The summed E-state index contributed by atoms with van der Waals surface area (Å²) < 4.78 is 2.08. The lowest BCUT2D eigenvalue weighted by molar-refractivity contribution is -0.113. The van der Waals surface area contributed by atoms with Crippen molar-refractivity contribution in [3.05, 3.63) is 45.6 Å². The Bertz CT molecular complexity index is 955. The number of nitrogens with zero attached hydrogens (tertiary/aromatic N) is 3. The van der Waals surface area contributed by atoms with Gasteiger partial charge in [0.15, 0.2) is 11.0 Å². The van der Waals surface area contributed by atoms with Crippen LogP contribution in [0.5, 0.6) is 0 Å². The summed E-state index contributed by atoms with van der Waals surface area (Å²) in [4.78, 5) is 14.0. The molecule has 5 nitrogen and oxygen atoms in total. The van der Waals surface area contributed by atoms with Gasteiger partial charge < -0.3 is 9.88 Å². The normalized spacial score (nSPS) is 11.0. The van der Waals surface area contributed by atoms with E-state index < -0.39 is 0 Å². The molecule has 7 heteroatoms. The number of anilines is 1. The van der Waals surface area contributed by atoms with Gasteiger partial charge in [-0.2, -0.15) is 0 Å². The fourth-order valence-corrected chi connectivity index (χ4v) is 4.90. The lowest BCUT2D eigenvalue weighted by Gasteiger charge is -2.14. The first-order chi connectivity index (χ1) is 14.1. The van der Waals surface area contributed by atoms with Gasteiger partial charge in [0.25, 0.3) is 0 Å². The number of hydrogen-bond donors (Lipinski definition) is 1. The van der Waals surface area contributed by atoms with Crippen molar-refractivity contribution in [3.63, 3.8) is 0 Å². The number of hydrogen-bond acceptors (Lipinski definition) is 5. The van der Waals surface area contributed by atoms with Crippen LogP contribution in [0, 0.1) is 0 Å². The van der Waals surface area contributed by atoms with Crippen molar-refractivity contribution < 1.29 is 4.79 Å². The van der Waals surface area contributed by atoms with E-state index in [0.717, 1.165) is 48.0 Å². The topological polar surface area (TPSA) is 59.8 Å². The van der Waals surface area contributed by atoms with Crippen molar-refractivity contribution in [2.45, 2.75) is 58.7 Å². The summed E-state index contributed by atoms with van der Waals surface area (Å²) >= 11 is 3.18. The number of aryl methyl sites for hydroxylation is 3. The van der Waals surface area contributed by atoms with Crippen molar-refractivity contribution in [3.8, 4) is 11.4 Å². The molecular formula is C22H28N4OS2. The fourth-order valence-electron chi connectivity index (χ4n) is 3.29. The molecule has 0 aliphatic rings. The average Bonchev–Trinajstić information content (AvgIpc) is 3.38. The number of nitrogens with one attached hydrogen (secondary N) is 1. The molecule has 29 heavy (non-hydrogen) atoms. The van der Waals surface area contributed by atoms with Gasteiger partial charge in [-0.1, -0.05) is 50.7 Å². The zero-order valence-electron chi connectivity index (χ0n) is 17.5. The van der Waals surface area contributed by atoms with Gasteiger partial charge in [0.2, 0.25) is 5.91 Å². The fraction of sp³-hybridized carbons (Fsp3) is 0.409. The molecule has 0 fully saturated rings. The van der Waals surface area contributed by atoms with Crippen LogP contribution in [0.25, 0.3) is 11.4 Å².